The standard InChI is InChI=1S/C19H16ClN3O3/c1-23(14-9-11(20)7-8-16(14)25-2)19(24)18-13-10-26-15-6-4-3-5-12(15)17(13)21-22-18/h3-9H,10H2,1-2H3,(H,21,22). The molecule has 0 radical (unpaired) electrons. The largest absolute Gasteiger partial charge is 0.495 e. The number of nitrogens with one attached hydrogen (secondary N) is 1. The summed E-state index contributed by atoms with van der Waals surface area (Å²) in [6.45, 7) is 0.282. The molecule has 0 atom stereocenters. The number of methoxy groups -OCH3 is 1. The van der Waals surface area contributed by atoms with Crippen LogP contribution in [0.4, 0.5) is 5.69 Å². The summed E-state index contributed by atoms with van der Waals surface area (Å²) in [5, 5.41) is 7.74. The first kappa shape index (κ1) is 16.5. The lowest BCUT2D eigenvalue weighted by Gasteiger charge is -2.21. The fraction of sp³-hybridized carbons (Fsp3) is 0.158. The molecule has 7 heteroatoms. The minimum Gasteiger partial charge on any atom is -0.495 e. The van der Waals surface area contributed by atoms with Crippen LogP contribution in [-0.4, -0.2) is 30.3 Å². The van der Waals surface area contributed by atoms with Gasteiger partial charge in [-0.05, 0) is 30.3 Å². The number of ether oxygens (including phenoxy) is 2. The first-order valence-corrected chi connectivity index (χ1v) is 8.39. The zero-order chi connectivity index (χ0) is 18.3. The van der Waals surface area contributed by atoms with E-state index in [9.17, 15) is 4.79 Å². The third kappa shape index (κ3) is 2.59. The molecule has 0 unspecified atom stereocenters. The van der Waals surface area contributed by atoms with E-state index in [0.717, 1.165) is 22.6 Å². The monoisotopic (exact) mass is 369 g/mol. The van der Waals surface area contributed by atoms with E-state index in [4.69, 9.17) is 21.1 Å². The van der Waals surface area contributed by atoms with Crippen molar-refractivity contribution in [1.29, 1.82) is 0 Å². The number of benzene rings is 2. The van der Waals surface area contributed by atoms with Gasteiger partial charge in [0.2, 0.25) is 0 Å². The normalized spacial score (nSPS) is 12.0. The second-order valence-corrected chi connectivity index (χ2v) is 6.33. The van der Waals surface area contributed by atoms with Crippen molar-refractivity contribution < 1.29 is 14.3 Å². The third-order valence-corrected chi connectivity index (χ3v) is 4.64. The van der Waals surface area contributed by atoms with Crippen LogP contribution in [0.25, 0.3) is 11.3 Å². The molecule has 1 aromatic heterocycles. The zero-order valence-corrected chi connectivity index (χ0v) is 15.0. The molecule has 1 aliphatic rings. The maximum Gasteiger partial charge on any atom is 0.279 e. The van der Waals surface area contributed by atoms with Crippen LogP contribution in [0.5, 0.6) is 11.5 Å². The molecule has 2 aromatic carbocycles. The van der Waals surface area contributed by atoms with Crippen molar-refractivity contribution in [3.8, 4) is 22.8 Å². The van der Waals surface area contributed by atoms with Crippen molar-refractivity contribution in [2.45, 2.75) is 6.61 Å². The second kappa shape index (κ2) is 6.38. The van der Waals surface area contributed by atoms with Crippen molar-refractivity contribution in [2.75, 3.05) is 19.1 Å². The summed E-state index contributed by atoms with van der Waals surface area (Å²) in [5.41, 5.74) is 3.32. The second-order valence-electron chi connectivity index (χ2n) is 5.89. The zero-order valence-electron chi connectivity index (χ0n) is 14.2. The lowest BCUT2D eigenvalue weighted by molar-refractivity contribution is 0.0985. The van der Waals surface area contributed by atoms with E-state index in [-0.39, 0.29) is 12.5 Å². The first-order valence-electron chi connectivity index (χ1n) is 8.01. The number of rotatable bonds is 3. The number of H-pyrrole nitrogens is 1. The van der Waals surface area contributed by atoms with Gasteiger partial charge < -0.3 is 14.4 Å². The van der Waals surface area contributed by atoms with Crippen LogP contribution in [0.15, 0.2) is 42.5 Å². The minimum absolute atomic E-state index is 0.272. The number of carbonyl (C=O) groups is 1. The lowest BCUT2D eigenvalue weighted by atomic mass is 10.0. The number of nitrogens with zero attached hydrogens (tertiary/aromatic N) is 2. The van der Waals surface area contributed by atoms with E-state index in [1.807, 2.05) is 24.3 Å². The molecular weight excluding hydrogens is 354 g/mol. The van der Waals surface area contributed by atoms with E-state index in [0.29, 0.717) is 22.2 Å². The molecule has 0 saturated heterocycles. The van der Waals surface area contributed by atoms with Gasteiger partial charge in [-0.3, -0.25) is 9.89 Å². The van der Waals surface area contributed by atoms with Crippen LogP contribution < -0.4 is 14.4 Å². The van der Waals surface area contributed by atoms with Crippen LogP contribution in [-0.2, 0) is 6.61 Å². The van der Waals surface area contributed by atoms with Crippen molar-refractivity contribution >= 4 is 23.2 Å². The molecule has 3 aromatic rings. The fourth-order valence-electron chi connectivity index (χ4n) is 3.05. The van der Waals surface area contributed by atoms with Gasteiger partial charge in [0.15, 0.2) is 5.69 Å². The summed E-state index contributed by atoms with van der Waals surface area (Å²) in [5.74, 6) is 1.05. The van der Waals surface area contributed by atoms with Gasteiger partial charge in [-0.15, -0.1) is 0 Å². The first-order chi connectivity index (χ1) is 12.6. The Morgan fingerprint density at radius 2 is 2.12 bits per heavy atom. The molecular formula is C19H16ClN3O3. The van der Waals surface area contributed by atoms with Gasteiger partial charge in [-0.1, -0.05) is 23.7 Å². The summed E-state index contributed by atoms with van der Waals surface area (Å²) in [6.07, 6.45) is 0. The SMILES string of the molecule is COc1ccc(Cl)cc1N(C)C(=O)c1n[nH]c2c1COc1ccccc1-2. The van der Waals surface area contributed by atoms with Gasteiger partial charge in [0, 0.05) is 23.2 Å². The molecule has 0 fully saturated rings. The van der Waals surface area contributed by atoms with Crippen LogP contribution in [0.1, 0.15) is 16.1 Å². The Morgan fingerprint density at radius 3 is 2.92 bits per heavy atom. The van der Waals surface area contributed by atoms with Crippen molar-refractivity contribution in [3.63, 3.8) is 0 Å². The predicted molar refractivity (Wildman–Crippen MR) is 99.1 cm³/mol. The van der Waals surface area contributed by atoms with Gasteiger partial charge in [0.05, 0.1) is 18.5 Å². The Hall–Kier alpha value is -2.99. The number of amides is 1. The molecule has 26 heavy (non-hydrogen) atoms. The van der Waals surface area contributed by atoms with Crippen molar-refractivity contribution in [1.82, 2.24) is 10.2 Å². The summed E-state index contributed by atoms with van der Waals surface area (Å²) in [7, 11) is 3.21. The van der Waals surface area contributed by atoms with E-state index in [1.54, 1.807) is 32.4 Å². The van der Waals surface area contributed by atoms with Gasteiger partial charge in [-0.25, -0.2) is 0 Å². The number of aromatic nitrogens is 2. The topological polar surface area (TPSA) is 67.5 Å². The van der Waals surface area contributed by atoms with Gasteiger partial charge in [0.1, 0.15) is 18.1 Å². The van der Waals surface area contributed by atoms with Crippen LogP contribution >= 0.6 is 11.6 Å². The Bertz CT molecular complexity index is 999. The Labute approximate surface area is 155 Å². The quantitative estimate of drug-likeness (QED) is 0.760. The Balaban J connectivity index is 1.73. The van der Waals surface area contributed by atoms with Crippen LogP contribution in [0.3, 0.4) is 0 Å². The number of carbonyl (C=O) groups excluding carboxylic acids is 1. The molecule has 1 amide bonds. The highest BCUT2D eigenvalue weighted by molar-refractivity contribution is 6.31. The summed E-state index contributed by atoms with van der Waals surface area (Å²) >= 11 is 6.08. The van der Waals surface area contributed by atoms with Crippen LogP contribution in [0.2, 0.25) is 5.02 Å². The maximum atomic E-state index is 13.1. The molecule has 2 heterocycles. The number of hydrogen-bond donors (Lipinski definition) is 1. The molecule has 1 aliphatic heterocycles. The molecule has 0 aliphatic carbocycles. The molecule has 132 valence electrons. The lowest BCUT2D eigenvalue weighted by Crippen LogP contribution is -2.28. The van der Waals surface area contributed by atoms with E-state index in [2.05, 4.69) is 10.2 Å². The number of halogens is 1. The van der Waals surface area contributed by atoms with Gasteiger partial charge >= 0.3 is 0 Å². The van der Waals surface area contributed by atoms with Crippen LogP contribution in [0, 0.1) is 0 Å². The summed E-state index contributed by atoms with van der Waals surface area (Å²) in [4.78, 5) is 14.5. The molecule has 1 N–H and O–H groups in total. The average Bonchev–Trinajstić information content (AvgIpc) is 3.11. The van der Waals surface area contributed by atoms with Gasteiger partial charge in [0.25, 0.3) is 5.91 Å². The van der Waals surface area contributed by atoms with E-state index < -0.39 is 0 Å². The summed E-state index contributed by atoms with van der Waals surface area (Å²) < 4.78 is 11.1. The molecule has 6 nitrogen and oxygen atoms in total. The Kier molecular flexibility index (Phi) is 4.05. The fourth-order valence-corrected chi connectivity index (χ4v) is 3.21. The number of anilines is 1. The number of fused-ring (bicyclic) bond motifs is 3. The highest BCUT2D eigenvalue weighted by Gasteiger charge is 2.29. The molecule has 0 spiro atoms. The molecule has 0 bridgehead atoms. The highest BCUT2D eigenvalue weighted by atomic mass is 35.5. The Morgan fingerprint density at radius 1 is 1.31 bits per heavy atom. The smallest absolute Gasteiger partial charge is 0.279 e. The van der Waals surface area contributed by atoms with E-state index >= 15 is 0 Å². The molecule has 0 saturated carbocycles. The number of hydrogen-bond acceptors (Lipinski definition) is 4. The van der Waals surface area contributed by atoms with Crippen molar-refractivity contribution in [2.24, 2.45) is 0 Å². The third-order valence-electron chi connectivity index (χ3n) is 4.41. The maximum absolute atomic E-state index is 13.1. The molecule has 4 rings (SSSR count). The minimum atomic E-state index is -0.272. The average molecular weight is 370 g/mol. The number of para-hydroxylation sites is 1. The highest BCUT2D eigenvalue weighted by Crippen LogP contribution is 2.38. The predicted octanol–water partition coefficient (Wildman–Crippen LogP) is 3.91. The number of aromatic amines is 1. The summed E-state index contributed by atoms with van der Waals surface area (Å²) in [6, 6.07) is 12.8. The van der Waals surface area contributed by atoms with Gasteiger partial charge in [-0.2, -0.15) is 5.10 Å². The van der Waals surface area contributed by atoms with Crippen molar-refractivity contribution in [3.05, 3.63) is 58.7 Å². The van der Waals surface area contributed by atoms with E-state index in [1.165, 1.54) is 4.90 Å².